The van der Waals surface area contributed by atoms with E-state index in [2.05, 4.69) is 20.9 Å². The van der Waals surface area contributed by atoms with Gasteiger partial charge in [-0.25, -0.2) is 0 Å². The van der Waals surface area contributed by atoms with Crippen LogP contribution in [0.25, 0.3) is 0 Å². The van der Waals surface area contributed by atoms with E-state index in [-0.39, 0.29) is 5.91 Å². The molecule has 0 aliphatic carbocycles. The predicted molar refractivity (Wildman–Crippen MR) is 76.5 cm³/mol. The molecule has 0 aliphatic rings. The number of rotatable bonds is 3. The van der Waals surface area contributed by atoms with Crippen molar-refractivity contribution in [2.75, 3.05) is 14.1 Å². The highest BCUT2D eigenvalue weighted by atomic mass is 79.9. The number of carbonyl (C=O) groups is 1. The van der Waals surface area contributed by atoms with Gasteiger partial charge in [-0.1, -0.05) is 22.0 Å². The molecule has 0 saturated carbocycles. The fourth-order valence-corrected chi connectivity index (χ4v) is 1.87. The number of nitrogens with zero attached hydrogens (tertiary/aromatic N) is 2. The Morgan fingerprint density at radius 2 is 1.95 bits per heavy atom. The topological polar surface area (TPSA) is 42.4 Å². The molecule has 2 aromatic rings. The third-order valence-corrected chi connectivity index (χ3v) is 2.88. The summed E-state index contributed by atoms with van der Waals surface area (Å²) in [6.45, 7) is 0. The first-order valence-electron chi connectivity index (χ1n) is 5.67. The Balaban J connectivity index is 2.22. The maximum atomic E-state index is 11.8. The van der Waals surface area contributed by atoms with Crippen LogP contribution in [0.15, 0.2) is 47.1 Å². The Labute approximate surface area is 120 Å². The molecule has 5 heteroatoms. The van der Waals surface area contributed by atoms with Gasteiger partial charge in [-0.15, -0.1) is 0 Å². The van der Waals surface area contributed by atoms with E-state index in [1.807, 2.05) is 24.3 Å². The number of amides is 1. The van der Waals surface area contributed by atoms with E-state index in [0.717, 1.165) is 4.47 Å². The van der Waals surface area contributed by atoms with Gasteiger partial charge in [0.1, 0.15) is 17.2 Å². The van der Waals surface area contributed by atoms with E-state index in [9.17, 15) is 4.79 Å². The summed E-state index contributed by atoms with van der Waals surface area (Å²) in [4.78, 5) is 17.3. The van der Waals surface area contributed by atoms with Crippen LogP contribution in [0.3, 0.4) is 0 Å². The third kappa shape index (κ3) is 3.54. The van der Waals surface area contributed by atoms with Gasteiger partial charge in [0.2, 0.25) is 0 Å². The zero-order valence-corrected chi connectivity index (χ0v) is 12.2. The second-order valence-corrected chi connectivity index (χ2v) is 5.05. The molecule has 0 N–H and O–H groups in total. The van der Waals surface area contributed by atoms with Gasteiger partial charge >= 0.3 is 0 Å². The van der Waals surface area contributed by atoms with Crippen molar-refractivity contribution in [3.05, 3.63) is 52.8 Å². The second-order valence-electron chi connectivity index (χ2n) is 4.14. The van der Waals surface area contributed by atoms with Crippen molar-refractivity contribution in [3.8, 4) is 11.5 Å². The maximum Gasteiger partial charge on any atom is 0.272 e. The monoisotopic (exact) mass is 320 g/mol. The molecular formula is C14H13BrN2O2. The summed E-state index contributed by atoms with van der Waals surface area (Å²) in [6, 6.07) is 10.8. The molecule has 19 heavy (non-hydrogen) atoms. The molecule has 0 fully saturated rings. The van der Waals surface area contributed by atoms with Crippen LogP contribution in [0.5, 0.6) is 11.5 Å². The van der Waals surface area contributed by atoms with Crippen molar-refractivity contribution in [1.82, 2.24) is 9.88 Å². The van der Waals surface area contributed by atoms with Crippen molar-refractivity contribution in [1.29, 1.82) is 0 Å². The van der Waals surface area contributed by atoms with Crippen LogP contribution >= 0.6 is 15.9 Å². The number of halogens is 1. The first kappa shape index (κ1) is 13.5. The lowest BCUT2D eigenvalue weighted by Gasteiger charge is -2.11. The lowest BCUT2D eigenvalue weighted by molar-refractivity contribution is 0.0821. The second kappa shape index (κ2) is 5.84. The molecule has 0 unspecified atom stereocenters. The molecule has 1 heterocycles. The first-order valence-corrected chi connectivity index (χ1v) is 6.46. The van der Waals surface area contributed by atoms with Crippen molar-refractivity contribution in [2.24, 2.45) is 0 Å². The normalized spacial score (nSPS) is 10.1. The molecule has 0 bridgehead atoms. The average Bonchev–Trinajstić information content (AvgIpc) is 2.38. The number of hydrogen-bond acceptors (Lipinski definition) is 3. The highest BCUT2D eigenvalue weighted by Gasteiger charge is 2.10. The zero-order valence-electron chi connectivity index (χ0n) is 10.6. The minimum Gasteiger partial charge on any atom is -0.457 e. The van der Waals surface area contributed by atoms with Gasteiger partial charge in [0.05, 0.1) is 0 Å². The van der Waals surface area contributed by atoms with Gasteiger partial charge in [-0.2, -0.15) is 0 Å². The molecule has 0 saturated heterocycles. The van der Waals surface area contributed by atoms with E-state index in [4.69, 9.17) is 4.74 Å². The fraction of sp³-hybridized carbons (Fsp3) is 0.143. The largest absolute Gasteiger partial charge is 0.457 e. The zero-order chi connectivity index (χ0) is 13.8. The standard InChI is InChI=1S/C14H13BrN2O2/c1-17(2)14(18)13-9-12(6-7-16-13)19-11-5-3-4-10(15)8-11/h3-9H,1-2H3. The van der Waals surface area contributed by atoms with Gasteiger partial charge in [0.15, 0.2) is 0 Å². The van der Waals surface area contributed by atoms with Crippen molar-refractivity contribution in [2.45, 2.75) is 0 Å². The molecule has 1 aromatic heterocycles. The fourth-order valence-electron chi connectivity index (χ4n) is 1.49. The minimum absolute atomic E-state index is 0.153. The van der Waals surface area contributed by atoms with E-state index >= 15 is 0 Å². The molecule has 1 amide bonds. The number of aromatic nitrogens is 1. The van der Waals surface area contributed by atoms with Gasteiger partial charge < -0.3 is 9.64 Å². The summed E-state index contributed by atoms with van der Waals surface area (Å²) < 4.78 is 6.62. The predicted octanol–water partition coefficient (Wildman–Crippen LogP) is 3.34. The Morgan fingerprint density at radius 1 is 1.21 bits per heavy atom. The quantitative estimate of drug-likeness (QED) is 0.871. The molecule has 0 spiro atoms. The highest BCUT2D eigenvalue weighted by molar-refractivity contribution is 9.10. The first-order chi connectivity index (χ1) is 9.06. The molecule has 0 radical (unpaired) electrons. The Bertz CT molecular complexity index is 600. The highest BCUT2D eigenvalue weighted by Crippen LogP contribution is 2.24. The summed E-state index contributed by atoms with van der Waals surface area (Å²) in [5.74, 6) is 1.13. The van der Waals surface area contributed by atoms with Crippen LogP contribution in [0.4, 0.5) is 0 Å². The molecule has 0 aliphatic heterocycles. The minimum atomic E-state index is -0.153. The Kier molecular flexibility index (Phi) is 4.16. The number of hydrogen-bond donors (Lipinski definition) is 0. The molecule has 1 aromatic carbocycles. The van der Waals surface area contributed by atoms with Gasteiger partial charge in [-0.05, 0) is 24.3 Å². The van der Waals surface area contributed by atoms with E-state index in [1.54, 1.807) is 32.4 Å². The molecule has 2 rings (SSSR count). The van der Waals surface area contributed by atoms with Crippen LogP contribution in [-0.4, -0.2) is 29.9 Å². The lowest BCUT2D eigenvalue weighted by atomic mass is 10.3. The van der Waals surface area contributed by atoms with E-state index < -0.39 is 0 Å². The van der Waals surface area contributed by atoms with Crippen molar-refractivity contribution in [3.63, 3.8) is 0 Å². The lowest BCUT2D eigenvalue weighted by Crippen LogP contribution is -2.22. The van der Waals surface area contributed by atoms with Crippen molar-refractivity contribution < 1.29 is 9.53 Å². The van der Waals surface area contributed by atoms with Crippen molar-refractivity contribution >= 4 is 21.8 Å². The average molecular weight is 321 g/mol. The molecule has 4 nitrogen and oxygen atoms in total. The third-order valence-electron chi connectivity index (χ3n) is 2.39. The number of pyridine rings is 1. The molecular weight excluding hydrogens is 308 g/mol. The smallest absolute Gasteiger partial charge is 0.272 e. The summed E-state index contributed by atoms with van der Waals surface area (Å²) in [5.41, 5.74) is 0.359. The van der Waals surface area contributed by atoms with Gasteiger partial charge in [0.25, 0.3) is 5.91 Å². The van der Waals surface area contributed by atoms with Crippen LogP contribution in [0.2, 0.25) is 0 Å². The summed E-state index contributed by atoms with van der Waals surface area (Å²) in [5, 5.41) is 0. The Morgan fingerprint density at radius 3 is 2.63 bits per heavy atom. The van der Waals surface area contributed by atoms with Crippen LogP contribution in [0, 0.1) is 0 Å². The number of benzene rings is 1. The number of carbonyl (C=O) groups excluding carboxylic acids is 1. The molecule has 98 valence electrons. The Hall–Kier alpha value is -1.88. The van der Waals surface area contributed by atoms with Crippen LogP contribution in [0.1, 0.15) is 10.5 Å². The van der Waals surface area contributed by atoms with Gasteiger partial charge in [0, 0.05) is 30.8 Å². The summed E-state index contributed by atoms with van der Waals surface area (Å²) in [7, 11) is 3.37. The number of ether oxygens (including phenoxy) is 1. The van der Waals surface area contributed by atoms with E-state index in [0.29, 0.717) is 17.2 Å². The van der Waals surface area contributed by atoms with Crippen LogP contribution < -0.4 is 4.74 Å². The van der Waals surface area contributed by atoms with Gasteiger partial charge in [-0.3, -0.25) is 9.78 Å². The summed E-state index contributed by atoms with van der Waals surface area (Å²) in [6.07, 6.45) is 1.56. The SMILES string of the molecule is CN(C)C(=O)c1cc(Oc2cccc(Br)c2)ccn1. The maximum absolute atomic E-state index is 11.8. The summed E-state index contributed by atoms with van der Waals surface area (Å²) >= 11 is 3.38. The molecule has 0 atom stereocenters. The van der Waals surface area contributed by atoms with Crippen LogP contribution in [-0.2, 0) is 0 Å². The van der Waals surface area contributed by atoms with E-state index in [1.165, 1.54) is 4.90 Å².